The Hall–Kier alpha value is -2.80. The number of hydrogen-bond acceptors (Lipinski definition) is 6. The Bertz CT molecular complexity index is 765. The third-order valence-electron chi connectivity index (χ3n) is 4.00. The summed E-state index contributed by atoms with van der Waals surface area (Å²) in [6.45, 7) is 1.60. The minimum Gasteiger partial charge on any atom is -0.496 e. The van der Waals surface area contributed by atoms with Gasteiger partial charge in [-0.15, -0.1) is 0 Å². The fraction of sp³-hybridized carbons (Fsp3) is 0.333. The van der Waals surface area contributed by atoms with Gasteiger partial charge < -0.3 is 14.2 Å². The van der Waals surface area contributed by atoms with E-state index in [9.17, 15) is 10.1 Å². The lowest BCUT2D eigenvalue weighted by Gasteiger charge is -2.29. The van der Waals surface area contributed by atoms with Gasteiger partial charge in [0, 0.05) is 30.8 Å². The van der Waals surface area contributed by atoms with E-state index in [2.05, 4.69) is 0 Å². The van der Waals surface area contributed by atoms with Crippen molar-refractivity contribution in [2.45, 2.75) is 12.6 Å². The van der Waals surface area contributed by atoms with Crippen LogP contribution in [0, 0.1) is 10.1 Å². The van der Waals surface area contributed by atoms with Gasteiger partial charge >= 0.3 is 0 Å². The summed E-state index contributed by atoms with van der Waals surface area (Å²) in [5, 5.41) is 11.0. The normalized spacial score (nSPS) is 15.9. The van der Waals surface area contributed by atoms with Gasteiger partial charge in [-0.25, -0.2) is 0 Å². The SMILES string of the molecule is COc1ccc([N+](=O)[O-])cc1CN(C)C[C@H]1COc2ccccc2O1. The fourth-order valence-corrected chi connectivity index (χ4v) is 2.86. The van der Waals surface area contributed by atoms with Crippen molar-refractivity contribution in [1.82, 2.24) is 4.90 Å². The summed E-state index contributed by atoms with van der Waals surface area (Å²) in [6.07, 6.45) is -0.107. The lowest BCUT2D eigenvalue weighted by atomic mass is 10.1. The molecule has 7 nitrogen and oxygen atoms in total. The van der Waals surface area contributed by atoms with Crippen molar-refractivity contribution in [2.75, 3.05) is 27.3 Å². The molecule has 3 rings (SSSR count). The average molecular weight is 344 g/mol. The molecule has 0 saturated carbocycles. The molecule has 0 bridgehead atoms. The highest BCUT2D eigenvalue weighted by Gasteiger charge is 2.22. The van der Waals surface area contributed by atoms with Gasteiger partial charge in [0.2, 0.25) is 0 Å². The van der Waals surface area contributed by atoms with Crippen LogP contribution in [-0.2, 0) is 6.54 Å². The predicted octanol–water partition coefficient (Wildman–Crippen LogP) is 2.88. The summed E-state index contributed by atoms with van der Waals surface area (Å²) in [7, 11) is 3.49. The van der Waals surface area contributed by atoms with Crippen LogP contribution in [0.25, 0.3) is 0 Å². The van der Waals surface area contributed by atoms with Crippen molar-refractivity contribution >= 4 is 5.69 Å². The molecular weight excluding hydrogens is 324 g/mol. The molecule has 0 aromatic heterocycles. The fourth-order valence-electron chi connectivity index (χ4n) is 2.86. The van der Waals surface area contributed by atoms with Crippen LogP contribution in [0.15, 0.2) is 42.5 Å². The van der Waals surface area contributed by atoms with Crippen LogP contribution in [-0.4, -0.2) is 43.2 Å². The van der Waals surface area contributed by atoms with E-state index >= 15 is 0 Å². The summed E-state index contributed by atoms with van der Waals surface area (Å²) < 4.78 is 17.0. The molecule has 0 saturated heterocycles. The maximum absolute atomic E-state index is 11.0. The minimum absolute atomic E-state index is 0.0513. The zero-order chi connectivity index (χ0) is 17.8. The number of benzene rings is 2. The molecule has 132 valence electrons. The van der Waals surface area contributed by atoms with Crippen molar-refractivity contribution in [3.8, 4) is 17.2 Å². The molecule has 0 radical (unpaired) electrons. The second-order valence-electron chi connectivity index (χ2n) is 5.95. The summed E-state index contributed by atoms with van der Waals surface area (Å²) >= 11 is 0. The van der Waals surface area contributed by atoms with Gasteiger partial charge in [-0.3, -0.25) is 15.0 Å². The zero-order valence-electron chi connectivity index (χ0n) is 14.2. The van der Waals surface area contributed by atoms with E-state index in [1.807, 2.05) is 36.2 Å². The minimum atomic E-state index is -0.405. The first-order valence-electron chi connectivity index (χ1n) is 7.95. The molecule has 0 fully saturated rings. The monoisotopic (exact) mass is 344 g/mol. The van der Waals surface area contributed by atoms with Crippen molar-refractivity contribution in [1.29, 1.82) is 0 Å². The highest BCUT2D eigenvalue weighted by Crippen LogP contribution is 2.31. The molecule has 1 atom stereocenters. The molecule has 1 aliphatic heterocycles. The smallest absolute Gasteiger partial charge is 0.270 e. The molecule has 0 amide bonds. The van der Waals surface area contributed by atoms with Crippen molar-refractivity contribution in [2.24, 2.45) is 0 Å². The third kappa shape index (κ3) is 4.00. The number of methoxy groups -OCH3 is 1. The van der Waals surface area contributed by atoms with Gasteiger partial charge in [0.25, 0.3) is 5.69 Å². The summed E-state index contributed by atoms with van der Waals surface area (Å²) in [5.41, 5.74) is 0.812. The molecule has 25 heavy (non-hydrogen) atoms. The van der Waals surface area contributed by atoms with Gasteiger partial charge in [0.05, 0.1) is 12.0 Å². The standard InChI is InChI=1S/C18H20N2O5/c1-19(10-13-9-14(20(21)22)7-8-16(13)23-2)11-15-12-24-17-5-3-4-6-18(17)25-15/h3-9,15H,10-12H2,1-2H3/t15-/m0/s1. The second kappa shape index (κ2) is 7.40. The largest absolute Gasteiger partial charge is 0.496 e. The molecule has 2 aromatic rings. The first-order chi connectivity index (χ1) is 12.1. The first-order valence-corrected chi connectivity index (χ1v) is 7.95. The summed E-state index contributed by atoms with van der Waals surface area (Å²) in [6, 6.07) is 12.2. The maximum Gasteiger partial charge on any atom is 0.270 e. The van der Waals surface area contributed by atoms with Crippen LogP contribution in [0.2, 0.25) is 0 Å². The number of likely N-dealkylation sites (N-methyl/N-ethyl adjacent to an activating group) is 1. The summed E-state index contributed by atoms with van der Waals surface area (Å²) in [4.78, 5) is 12.6. The topological polar surface area (TPSA) is 74.1 Å². The molecule has 7 heteroatoms. The van der Waals surface area contributed by atoms with E-state index in [4.69, 9.17) is 14.2 Å². The Balaban J connectivity index is 1.66. The molecule has 1 heterocycles. The highest BCUT2D eigenvalue weighted by molar-refractivity contribution is 5.44. The number of ether oxygens (including phenoxy) is 3. The van der Waals surface area contributed by atoms with Gasteiger partial charge in [-0.1, -0.05) is 12.1 Å². The number of nitro groups is 1. The van der Waals surface area contributed by atoms with E-state index < -0.39 is 4.92 Å². The predicted molar refractivity (Wildman–Crippen MR) is 92.3 cm³/mol. The molecular formula is C18H20N2O5. The van der Waals surface area contributed by atoms with E-state index in [-0.39, 0.29) is 11.8 Å². The Kier molecular flexibility index (Phi) is 5.04. The number of rotatable bonds is 6. The number of fused-ring (bicyclic) bond motifs is 1. The van der Waals surface area contributed by atoms with Gasteiger partial charge in [0.1, 0.15) is 18.5 Å². The number of nitro benzene ring substituents is 1. The van der Waals surface area contributed by atoms with Crippen LogP contribution in [0.1, 0.15) is 5.56 Å². The van der Waals surface area contributed by atoms with Crippen molar-refractivity contribution < 1.29 is 19.1 Å². The van der Waals surface area contributed by atoms with Crippen LogP contribution in [0.5, 0.6) is 17.2 Å². The van der Waals surface area contributed by atoms with Crippen molar-refractivity contribution in [3.63, 3.8) is 0 Å². The lowest BCUT2D eigenvalue weighted by Crippen LogP contribution is -2.39. The second-order valence-corrected chi connectivity index (χ2v) is 5.95. The maximum atomic E-state index is 11.0. The first kappa shape index (κ1) is 17.0. The Morgan fingerprint density at radius 1 is 1.28 bits per heavy atom. The van der Waals surface area contributed by atoms with E-state index in [0.717, 1.165) is 17.1 Å². The third-order valence-corrected chi connectivity index (χ3v) is 4.00. The lowest BCUT2D eigenvalue weighted by molar-refractivity contribution is -0.384. The summed E-state index contributed by atoms with van der Waals surface area (Å²) in [5.74, 6) is 2.12. The Morgan fingerprint density at radius 3 is 2.76 bits per heavy atom. The molecule has 0 N–H and O–H groups in total. The average Bonchev–Trinajstić information content (AvgIpc) is 2.61. The van der Waals surface area contributed by atoms with Gasteiger partial charge in [-0.05, 0) is 25.2 Å². The van der Waals surface area contributed by atoms with Crippen LogP contribution in [0.3, 0.4) is 0 Å². The molecule has 0 aliphatic carbocycles. The van der Waals surface area contributed by atoms with E-state index in [0.29, 0.717) is 25.4 Å². The van der Waals surface area contributed by atoms with Gasteiger partial charge in [-0.2, -0.15) is 0 Å². The number of non-ortho nitro benzene ring substituents is 1. The molecule has 0 unspecified atom stereocenters. The number of nitrogens with zero attached hydrogens (tertiary/aromatic N) is 2. The van der Waals surface area contributed by atoms with Crippen molar-refractivity contribution in [3.05, 3.63) is 58.1 Å². The zero-order valence-corrected chi connectivity index (χ0v) is 14.2. The molecule has 2 aromatic carbocycles. The van der Waals surface area contributed by atoms with Crippen LogP contribution >= 0.6 is 0 Å². The Morgan fingerprint density at radius 2 is 2.04 bits per heavy atom. The van der Waals surface area contributed by atoms with Gasteiger partial charge in [0.15, 0.2) is 11.5 Å². The molecule has 1 aliphatic rings. The number of hydrogen-bond donors (Lipinski definition) is 0. The van der Waals surface area contributed by atoms with Crippen LogP contribution in [0.4, 0.5) is 5.69 Å². The quantitative estimate of drug-likeness (QED) is 0.592. The molecule has 0 spiro atoms. The highest BCUT2D eigenvalue weighted by atomic mass is 16.6. The number of para-hydroxylation sites is 2. The Labute approximate surface area is 145 Å². The van der Waals surface area contributed by atoms with Crippen LogP contribution < -0.4 is 14.2 Å². The van der Waals surface area contributed by atoms with E-state index in [1.165, 1.54) is 6.07 Å². The van der Waals surface area contributed by atoms with E-state index in [1.54, 1.807) is 19.2 Å².